The molecule has 0 saturated carbocycles. The standard InChI is InChI=1S/C14H15N3S/c1-14(2,13-4-3-7-18-13)10-17-12-6-5-11(8-15)16-9-12/h3-7,9,17H,10H2,1-2H3. The van der Waals surface area contributed by atoms with Gasteiger partial charge < -0.3 is 5.32 Å². The zero-order valence-corrected chi connectivity index (χ0v) is 11.3. The molecule has 3 nitrogen and oxygen atoms in total. The van der Waals surface area contributed by atoms with Crippen LogP contribution in [0.5, 0.6) is 0 Å². The Morgan fingerprint density at radius 1 is 1.39 bits per heavy atom. The normalized spacial score (nSPS) is 10.9. The molecule has 2 aromatic heterocycles. The molecule has 0 aliphatic rings. The fourth-order valence-electron chi connectivity index (χ4n) is 1.64. The van der Waals surface area contributed by atoms with Gasteiger partial charge in [-0.2, -0.15) is 5.26 Å². The van der Waals surface area contributed by atoms with E-state index in [-0.39, 0.29) is 5.41 Å². The second-order valence-corrected chi connectivity index (χ2v) is 5.71. The quantitative estimate of drug-likeness (QED) is 0.913. The Balaban J connectivity index is 2.01. The van der Waals surface area contributed by atoms with Crippen molar-refractivity contribution in [3.05, 3.63) is 46.4 Å². The van der Waals surface area contributed by atoms with Crippen LogP contribution in [0.25, 0.3) is 0 Å². The molecule has 0 unspecified atom stereocenters. The Morgan fingerprint density at radius 3 is 2.78 bits per heavy atom. The lowest BCUT2D eigenvalue weighted by atomic mass is 9.91. The molecule has 2 heterocycles. The van der Waals surface area contributed by atoms with E-state index in [0.29, 0.717) is 5.69 Å². The minimum Gasteiger partial charge on any atom is -0.383 e. The second-order valence-electron chi connectivity index (χ2n) is 4.76. The molecule has 18 heavy (non-hydrogen) atoms. The van der Waals surface area contributed by atoms with E-state index in [1.54, 1.807) is 23.6 Å². The molecule has 92 valence electrons. The Kier molecular flexibility index (Phi) is 3.63. The predicted molar refractivity (Wildman–Crippen MR) is 74.8 cm³/mol. The first-order chi connectivity index (χ1) is 8.62. The van der Waals surface area contributed by atoms with Gasteiger partial charge in [-0.3, -0.25) is 0 Å². The lowest BCUT2D eigenvalue weighted by Crippen LogP contribution is -2.26. The maximum absolute atomic E-state index is 8.68. The van der Waals surface area contributed by atoms with Crippen molar-refractivity contribution >= 4 is 17.0 Å². The molecule has 1 N–H and O–H groups in total. The van der Waals surface area contributed by atoms with Gasteiger partial charge in [-0.15, -0.1) is 11.3 Å². The Hall–Kier alpha value is -1.86. The van der Waals surface area contributed by atoms with Gasteiger partial charge in [-0.1, -0.05) is 19.9 Å². The van der Waals surface area contributed by atoms with Crippen LogP contribution in [0.1, 0.15) is 24.4 Å². The van der Waals surface area contributed by atoms with Crippen LogP contribution in [0.3, 0.4) is 0 Å². The second kappa shape index (κ2) is 5.19. The number of hydrogen-bond donors (Lipinski definition) is 1. The first-order valence-electron chi connectivity index (χ1n) is 5.76. The number of aromatic nitrogens is 1. The van der Waals surface area contributed by atoms with Crippen LogP contribution in [-0.2, 0) is 5.41 Å². The fourth-order valence-corrected chi connectivity index (χ4v) is 2.49. The zero-order chi connectivity index (χ0) is 13.0. The molecule has 0 spiro atoms. The molecule has 0 bridgehead atoms. The van der Waals surface area contributed by atoms with Crippen molar-refractivity contribution in [3.63, 3.8) is 0 Å². The minimum atomic E-state index is 0.0854. The summed E-state index contributed by atoms with van der Waals surface area (Å²) in [6, 6.07) is 9.85. The number of rotatable bonds is 4. The van der Waals surface area contributed by atoms with E-state index in [1.807, 2.05) is 12.1 Å². The molecule has 0 aliphatic heterocycles. The van der Waals surface area contributed by atoms with Gasteiger partial charge in [0.05, 0.1) is 11.9 Å². The lowest BCUT2D eigenvalue weighted by Gasteiger charge is -2.24. The summed E-state index contributed by atoms with van der Waals surface area (Å²) >= 11 is 1.77. The number of pyridine rings is 1. The van der Waals surface area contributed by atoms with Gasteiger partial charge in [0, 0.05) is 16.8 Å². The van der Waals surface area contributed by atoms with E-state index in [9.17, 15) is 0 Å². The summed E-state index contributed by atoms with van der Waals surface area (Å²) in [5, 5.41) is 14.1. The zero-order valence-electron chi connectivity index (χ0n) is 10.5. The summed E-state index contributed by atoms with van der Waals surface area (Å²) in [6.45, 7) is 5.26. The molecule has 2 rings (SSSR count). The number of thiophene rings is 1. The average molecular weight is 257 g/mol. The summed E-state index contributed by atoms with van der Waals surface area (Å²) in [6.07, 6.45) is 1.70. The van der Waals surface area contributed by atoms with E-state index in [1.165, 1.54) is 4.88 Å². The van der Waals surface area contributed by atoms with Crippen LogP contribution < -0.4 is 5.32 Å². The molecule has 4 heteroatoms. The van der Waals surface area contributed by atoms with Gasteiger partial charge in [0.25, 0.3) is 0 Å². The summed E-state index contributed by atoms with van der Waals surface area (Å²) < 4.78 is 0. The molecule has 0 radical (unpaired) electrons. The fraction of sp³-hybridized carbons (Fsp3) is 0.286. The van der Waals surface area contributed by atoms with Crippen LogP contribution in [0.2, 0.25) is 0 Å². The first kappa shape index (κ1) is 12.6. The van der Waals surface area contributed by atoms with Crippen LogP contribution in [0, 0.1) is 11.3 Å². The van der Waals surface area contributed by atoms with Crippen LogP contribution in [0.15, 0.2) is 35.8 Å². The maximum atomic E-state index is 8.68. The maximum Gasteiger partial charge on any atom is 0.140 e. The summed E-state index contributed by atoms with van der Waals surface area (Å²) in [7, 11) is 0. The van der Waals surface area contributed by atoms with Gasteiger partial charge in [0.15, 0.2) is 0 Å². The van der Waals surface area contributed by atoms with Crippen LogP contribution in [-0.4, -0.2) is 11.5 Å². The van der Waals surface area contributed by atoms with E-state index in [2.05, 4.69) is 41.7 Å². The molecule has 0 aromatic carbocycles. The topological polar surface area (TPSA) is 48.7 Å². The highest BCUT2D eigenvalue weighted by molar-refractivity contribution is 7.10. The summed E-state index contributed by atoms with van der Waals surface area (Å²) in [5.74, 6) is 0. The van der Waals surface area contributed by atoms with Crippen molar-refractivity contribution in [1.29, 1.82) is 5.26 Å². The van der Waals surface area contributed by atoms with Crippen LogP contribution in [0.4, 0.5) is 5.69 Å². The molecule has 0 fully saturated rings. The molecule has 0 saturated heterocycles. The monoisotopic (exact) mass is 257 g/mol. The molecule has 2 aromatic rings. The van der Waals surface area contributed by atoms with Gasteiger partial charge >= 0.3 is 0 Å². The Morgan fingerprint density at radius 2 is 2.22 bits per heavy atom. The Bertz CT molecular complexity index is 535. The highest BCUT2D eigenvalue weighted by Crippen LogP contribution is 2.27. The third-order valence-corrected chi connectivity index (χ3v) is 4.04. The third-order valence-electron chi connectivity index (χ3n) is 2.80. The van der Waals surface area contributed by atoms with Crippen LogP contribution >= 0.6 is 11.3 Å². The smallest absolute Gasteiger partial charge is 0.140 e. The van der Waals surface area contributed by atoms with E-state index < -0.39 is 0 Å². The van der Waals surface area contributed by atoms with Crippen molar-refractivity contribution in [1.82, 2.24) is 4.98 Å². The van der Waals surface area contributed by atoms with Crippen molar-refractivity contribution in [3.8, 4) is 6.07 Å². The van der Waals surface area contributed by atoms with Crippen molar-refractivity contribution in [2.75, 3.05) is 11.9 Å². The first-order valence-corrected chi connectivity index (χ1v) is 6.64. The average Bonchev–Trinajstić information content (AvgIpc) is 2.92. The van der Waals surface area contributed by atoms with Gasteiger partial charge in [0.1, 0.15) is 11.8 Å². The number of nitriles is 1. The SMILES string of the molecule is CC(C)(CNc1ccc(C#N)nc1)c1cccs1. The molecular weight excluding hydrogens is 242 g/mol. The van der Waals surface area contributed by atoms with Gasteiger partial charge in [-0.25, -0.2) is 4.98 Å². The summed E-state index contributed by atoms with van der Waals surface area (Å²) in [4.78, 5) is 5.40. The molecule has 0 aliphatic carbocycles. The lowest BCUT2D eigenvalue weighted by molar-refractivity contribution is 0.569. The van der Waals surface area contributed by atoms with E-state index >= 15 is 0 Å². The summed E-state index contributed by atoms with van der Waals surface area (Å²) in [5.41, 5.74) is 1.47. The highest BCUT2D eigenvalue weighted by atomic mass is 32.1. The van der Waals surface area contributed by atoms with Gasteiger partial charge in [0.2, 0.25) is 0 Å². The van der Waals surface area contributed by atoms with Gasteiger partial charge in [-0.05, 0) is 23.6 Å². The highest BCUT2D eigenvalue weighted by Gasteiger charge is 2.21. The van der Waals surface area contributed by atoms with Crippen molar-refractivity contribution < 1.29 is 0 Å². The Labute approximate surface area is 111 Å². The number of anilines is 1. The predicted octanol–water partition coefficient (Wildman–Crippen LogP) is 3.40. The van der Waals surface area contributed by atoms with E-state index in [0.717, 1.165) is 12.2 Å². The molecule has 0 amide bonds. The largest absolute Gasteiger partial charge is 0.383 e. The van der Waals surface area contributed by atoms with Crippen molar-refractivity contribution in [2.45, 2.75) is 19.3 Å². The third kappa shape index (κ3) is 2.88. The van der Waals surface area contributed by atoms with Crippen molar-refractivity contribution in [2.24, 2.45) is 0 Å². The number of nitrogens with zero attached hydrogens (tertiary/aromatic N) is 2. The van der Waals surface area contributed by atoms with E-state index in [4.69, 9.17) is 5.26 Å². The number of hydrogen-bond acceptors (Lipinski definition) is 4. The number of nitrogens with one attached hydrogen (secondary N) is 1. The molecular formula is C14H15N3S. The molecule has 0 atom stereocenters. The minimum absolute atomic E-state index is 0.0854.